The van der Waals surface area contributed by atoms with E-state index in [9.17, 15) is 0 Å². The third-order valence-corrected chi connectivity index (χ3v) is 10.8. The molecule has 0 amide bonds. The smallest absolute Gasteiger partial charge is 0.123 e. The molecule has 0 aromatic heterocycles. The van der Waals surface area contributed by atoms with Crippen LogP contribution < -0.4 is 19.3 Å². The average molecular weight is 833 g/mol. The number of rotatable bonds is 25. The number of hydrogen-bond acceptors (Lipinski definition) is 14. The molecule has 0 radical (unpaired) electrons. The van der Waals surface area contributed by atoms with Gasteiger partial charge in [0, 0.05) is 43.6 Å². The van der Waals surface area contributed by atoms with Gasteiger partial charge in [0.15, 0.2) is 0 Å². The Morgan fingerprint density at radius 2 is 0.850 bits per heavy atom. The van der Waals surface area contributed by atoms with E-state index in [0.717, 1.165) is 97.0 Å². The number of hydrogen-bond donors (Lipinski definition) is 0. The summed E-state index contributed by atoms with van der Waals surface area (Å²) < 4.78 is 63.9. The Kier molecular flexibility index (Phi) is 14.3. The van der Waals surface area contributed by atoms with Gasteiger partial charge in [-0.2, -0.15) is 0 Å². The van der Waals surface area contributed by atoms with Gasteiger partial charge < -0.3 is 66.6 Å². The van der Waals surface area contributed by atoms with Gasteiger partial charge >= 0.3 is 0 Å². The van der Waals surface area contributed by atoms with Crippen LogP contribution in [-0.2, 0) is 53.8 Å². The van der Waals surface area contributed by atoms with Gasteiger partial charge in [0.05, 0.1) is 103 Å². The zero-order chi connectivity index (χ0) is 40.5. The molecule has 60 heavy (non-hydrogen) atoms. The highest BCUT2D eigenvalue weighted by atomic mass is 16.6. The van der Waals surface area contributed by atoms with Gasteiger partial charge in [0.1, 0.15) is 49.1 Å². The molecule has 9 unspecified atom stereocenters. The van der Waals surface area contributed by atoms with Crippen LogP contribution in [-0.4, -0.2) is 167 Å². The lowest BCUT2D eigenvalue weighted by atomic mass is 10.0. The molecule has 0 bridgehead atoms. The van der Waals surface area contributed by atoms with E-state index < -0.39 is 0 Å². The number of ether oxygens (including phenoxy) is 12. The molecule has 8 fully saturated rings. The lowest BCUT2D eigenvalue weighted by Crippen LogP contribution is -2.31. The predicted molar refractivity (Wildman–Crippen MR) is 222 cm³/mol. The molecule has 0 spiro atoms. The van der Waals surface area contributed by atoms with E-state index >= 15 is 0 Å². The highest BCUT2D eigenvalue weighted by Crippen LogP contribution is 2.27. The minimum absolute atomic E-state index is 0.156. The minimum atomic E-state index is 0.156. The van der Waals surface area contributed by atoms with Crippen LogP contribution in [0.5, 0.6) is 11.5 Å². The number of benzene rings is 3. The van der Waals surface area contributed by atoms with Crippen molar-refractivity contribution in [3.05, 3.63) is 83.9 Å². The van der Waals surface area contributed by atoms with Gasteiger partial charge in [-0.05, 0) is 60.9 Å². The summed E-state index contributed by atoms with van der Waals surface area (Å²) in [6.45, 7) is 16.0. The van der Waals surface area contributed by atoms with Gasteiger partial charge in [-0.1, -0.05) is 30.3 Å². The van der Waals surface area contributed by atoms with E-state index in [1.54, 1.807) is 0 Å². The topological polar surface area (TPSA) is 144 Å². The van der Waals surface area contributed by atoms with Crippen LogP contribution in [0.3, 0.4) is 0 Å². The zero-order valence-corrected chi connectivity index (χ0v) is 34.6. The molecule has 3 aromatic rings. The van der Waals surface area contributed by atoms with Gasteiger partial charge in [-0.3, -0.25) is 0 Å². The molecule has 14 nitrogen and oxygen atoms in total. The first-order chi connectivity index (χ1) is 29.5. The van der Waals surface area contributed by atoms with Crippen molar-refractivity contribution in [3.8, 4) is 11.5 Å². The highest BCUT2D eigenvalue weighted by molar-refractivity contribution is 5.51. The van der Waals surface area contributed by atoms with Crippen molar-refractivity contribution in [2.24, 2.45) is 0 Å². The maximum Gasteiger partial charge on any atom is 0.123 e. The fourth-order valence-electron chi connectivity index (χ4n) is 6.51. The Morgan fingerprint density at radius 3 is 1.23 bits per heavy atom. The van der Waals surface area contributed by atoms with Gasteiger partial charge in [-0.25, -0.2) is 0 Å². The van der Waals surface area contributed by atoms with Crippen LogP contribution in [0.2, 0.25) is 0 Å². The summed E-state index contributed by atoms with van der Waals surface area (Å²) >= 11 is 0. The zero-order valence-electron chi connectivity index (χ0n) is 34.6. The minimum Gasteiger partial charge on any atom is -0.491 e. The van der Waals surface area contributed by atoms with E-state index in [0.29, 0.717) is 69.7 Å². The predicted octanol–water partition coefficient (Wildman–Crippen LogP) is 3.93. The van der Waals surface area contributed by atoms with Gasteiger partial charge in [-0.15, -0.1) is 0 Å². The molecule has 11 rings (SSSR count). The van der Waals surface area contributed by atoms with E-state index in [-0.39, 0.29) is 18.3 Å². The first-order valence-electron chi connectivity index (χ1n) is 21.7. The second-order valence-corrected chi connectivity index (χ2v) is 16.7. The van der Waals surface area contributed by atoms with E-state index in [4.69, 9.17) is 56.8 Å². The fraction of sp³-hybridized carbons (Fsp3) is 0.609. The summed E-state index contributed by atoms with van der Waals surface area (Å²) in [5.74, 6) is 1.65. The summed E-state index contributed by atoms with van der Waals surface area (Å²) in [6.07, 6.45) is 3.88. The Balaban J connectivity index is 0.000000132. The summed E-state index contributed by atoms with van der Waals surface area (Å²) in [6, 6.07) is 25.6. The van der Waals surface area contributed by atoms with Gasteiger partial charge in [0.25, 0.3) is 0 Å². The Bertz CT molecular complexity index is 1600. The van der Waals surface area contributed by atoms with Crippen LogP contribution in [0.1, 0.15) is 18.1 Å². The molecular formula is C46H60N2O12. The third-order valence-electron chi connectivity index (χ3n) is 10.8. The molecule has 0 saturated carbocycles. The standard InChI is InChI=1S/C25H30N2O4.C12H14O4.C9H16O4/c1-5-20(26(10-22-14-28-22)11-23-15-29-23)6-2-18(1)9-19-3-7-21(8-4-19)27(12-24-16-30-24)13-25-17-31-25;1-2-9(13-5-11-7-15-11)4-10(3-1)14-6-12-8-16-12;1-7(11-4-9-6-13-9)2-10-3-8-5-12-8/h1-8,22-25H,9-17H2;1-4,11-12H,5-8H2;7-9H,2-6H2,1H3. The molecule has 9 atom stereocenters. The second kappa shape index (κ2) is 20.6. The summed E-state index contributed by atoms with van der Waals surface area (Å²) in [5, 5.41) is 0. The van der Waals surface area contributed by atoms with E-state index in [1.165, 1.54) is 22.5 Å². The summed E-state index contributed by atoms with van der Waals surface area (Å²) in [4.78, 5) is 4.80. The maximum atomic E-state index is 5.56. The largest absolute Gasteiger partial charge is 0.491 e. The average Bonchev–Trinajstić information content (AvgIpc) is 4.08. The molecule has 8 heterocycles. The Labute approximate surface area is 353 Å². The summed E-state index contributed by atoms with van der Waals surface area (Å²) in [7, 11) is 0. The molecule has 3 aromatic carbocycles. The monoisotopic (exact) mass is 832 g/mol. The van der Waals surface area contributed by atoms with Crippen molar-refractivity contribution in [1.29, 1.82) is 0 Å². The van der Waals surface area contributed by atoms with E-state index in [1.807, 2.05) is 31.2 Å². The first-order valence-corrected chi connectivity index (χ1v) is 21.7. The Hall–Kier alpha value is -3.54. The quantitative estimate of drug-likeness (QED) is 0.114. The lowest BCUT2D eigenvalue weighted by Gasteiger charge is -2.24. The van der Waals surface area contributed by atoms with Gasteiger partial charge in [0.2, 0.25) is 0 Å². The molecule has 14 heteroatoms. The van der Waals surface area contributed by atoms with Crippen molar-refractivity contribution in [2.45, 2.75) is 68.3 Å². The normalized spacial score (nSPS) is 28.4. The number of nitrogens with zero attached hydrogens (tertiary/aromatic N) is 2. The number of epoxide rings is 8. The van der Waals surface area contributed by atoms with E-state index in [2.05, 4.69) is 58.3 Å². The van der Waals surface area contributed by atoms with Crippen molar-refractivity contribution in [1.82, 2.24) is 0 Å². The van der Waals surface area contributed by atoms with Crippen LogP contribution in [0, 0.1) is 0 Å². The van der Waals surface area contributed by atoms with Crippen LogP contribution in [0.4, 0.5) is 11.4 Å². The lowest BCUT2D eigenvalue weighted by molar-refractivity contribution is -0.0146. The van der Waals surface area contributed by atoms with Crippen molar-refractivity contribution >= 4 is 11.4 Å². The van der Waals surface area contributed by atoms with Crippen molar-refractivity contribution in [3.63, 3.8) is 0 Å². The molecule has 8 aliphatic heterocycles. The summed E-state index contributed by atoms with van der Waals surface area (Å²) in [5.41, 5.74) is 5.17. The molecule has 0 N–H and O–H groups in total. The second-order valence-electron chi connectivity index (χ2n) is 16.7. The molecule has 326 valence electrons. The highest BCUT2D eigenvalue weighted by Gasteiger charge is 2.32. The Morgan fingerprint density at radius 1 is 0.483 bits per heavy atom. The molecule has 0 aliphatic carbocycles. The SMILES string of the molecule is CC(COCC1CO1)OCC1CO1.c1cc(N(CC2CO2)CC2CO2)ccc1Cc1ccc(N(CC2CO2)CC2CO2)cc1.c1cc(OCC2CO2)cc(OCC2CO2)c1. The van der Waals surface area contributed by atoms with Crippen LogP contribution in [0.15, 0.2) is 72.8 Å². The fourth-order valence-corrected chi connectivity index (χ4v) is 6.51. The maximum absolute atomic E-state index is 5.56. The first kappa shape index (κ1) is 41.8. The van der Waals surface area contributed by atoms with Crippen LogP contribution in [0.25, 0.3) is 0 Å². The molecule has 8 saturated heterocycles. The van der Waals surface area contributed by atoms with Crippen molar-refractivity contribution in [2.75, 3.05) is 122 Å². The molecular weight excluding hydrogens is 773 g/mol. The molecule has 8 aliphatic rings. The third kappa shape index (κ3) is 15.7. The van der Waals surface area contributed by atoms with Crippen molar-refractivity contribution < 1.29 is 56.8 Å². The van der Waals surface area contributed by atoms with Crippen LogP contribution >= 0.6 is 0 Å². The number of anilines is 2.